The van der Waals surface area contributed by atoms with E-state index in [9.17, 15) is 9.59 Å². The van der Waals surface area contributed by atoms with E-state index in [1.807, 2.05) is 62.4 Å². The molecule has 6 nitrogen and oxygen atoms in total. The smallest absolute Gasteiger partial charge is 0.285 e. The summed E-state index contributed by atoms with van der Waals surface area (Å²) in [6.07, 6.45) is 1.72. The first-order valence-electron chi connectivity index (χ1n) is 11.0. The van der Waals surface area contributed by atoms with Gasteiger partial charge >= 0.3 is 0 Å². The van der Waals surface area contributed by atoms with Crippen molar-refractivity contribution in [1.29, 1.82) is 0 Å². The van der Waals surface area contributed by atoms with Crippen molar-refractivity contribution in [2.24, 2.45) is 0 Å². The van der Waals surface area contributed by atoms with E-state index in [-0.39, 0.29) is 10.2 Å². The zero-order chi connectivity index (χ0) is 24.8. The Balaban J connectivity index is 1.48. The molecule has 0 atom stereocenters. The number of hydrogen-bond donors (Lipinski definition) is 1. The molecule has 8 heteroatoms. The van der Waals surface area contributed by atoms with E-state index in [1.54, 1.807) is 30.3 Å². The molecule has 1 aliphatic heterocycles. The Morgan fingerprint density at radius 2 is 1.77 bits per heavy atom. The maximum absolute atomic E-state index is 12.9. The van der Waals surface area contributed by atoms with Crippen LogP contribution in [-0.2, 0) is 11.4 Å². The molecule has 1 saturated heterocycles. The van der Waals surface area contributed by atoms with Crippen LogP contribution in [-0.4, -0.2) is 27.8 Å². The van der Waals surface area contributed by atoms with E-state index < -0.39 is 5.91 Å². The molecule has 0 aromatic heterocycles. The molecule has 0 unspecified atom stereocenters. The topological polar surface area (TPSA) is 67.9 Å². The number of amides is 2. The van der Waals surface area contributed by atoms with E-state index in [2.05, 4.69) is 5.43 Å². The van der Waals surface area contributed by atoms with Gasteiger partial charge < -0.3 is 9.47 Å². The Morgan fingerprint density at radius 3 is 2.49 bits per heavy atom. The number of hydrogen-bond acceptors (Lipinski definition) is 6. The van der Waals surface area contributed by atoms with Gasteiger partial charge in [0.05, 0.1) is 11.5 Å². The van der Waals surface area contributed by atoms with E-state index in [0.717, 1.165) is 27.9 Å². The Hall–Kier alpha value is -3.62. The van der Waals surface area contributed by atoms with Crippen molar-refractivity contribution in [2.45, 2.75) is 20.5 Å². The molecular weight excluding hydrogens is 480 g/mol. The van der Waals surface area contributed by atoms with Gasteiger partial charge in [-0.2, -0.15) is 5.01 Å². The highest BCUT2D eigenvalue weighted by Gasteiger charge is 2.33. The van der Waals surface area contributed by atoms with Gasteiger partial charge in [0, 0.05) is 5.56 Å². The molecule has 35 heavy (non-hydrogen) atoms. The quantitative estimate of drug-likeness (QED) is 0.322. The predicted molar refractivity (Wildman–Crippen MR) is 142 cm³/mol. The molecule has 2 amide bonds. The number of hydrazine groups is 1. The molecule has 3 aromatic carbocycles. The standard InChI is InChI=1S/C27H24N2O4S2/c1-3-32-23-15-20(13-14-22(23)33-17-19-11-9-18(2)10-12-19)16-24-26(31)29(27(34)35-24)28-25(30)21-7-5-4-6-8-21/h4-16H,3,17H2,1-2H3,(H,28,30)/b24-16-. The fraction of sp³-hybridized carbons (Fsp3) is 0.148. The van der Waals surface area contributed by atoms with Crippen LogP contribution in [0.2, 0.25) is 0 Å². The van der Waals surface area contributed by atoms with E-state index in [0.29, 0.717) is 35.2 Å². The lowest BCUT2D eigenvalue weighted by atomic mass is 10.1. The molecule has 0 spiro atoms. The van der Waals surface area contributed by atoms with Gasteiger partial charge in [-0.1, -0.05) is 65.9 Å². The maximum Gasteiger partial charge on any atom is 0.285 e. The van der Waals surface area contributed by atoms with Crippen molar-refractivity contribution < 1.29 is 19.1 Å². The largest absolute Gasteiger partial charge is 0.490 e. The minimum Gasteiger partial charge on any atom is -0.490 e. The van der Waals surface area contributed by atoms with Crippen molar-refractivity contribution in [1.82, 2.24) is 10.4 Å². The lowest BCUT2D eigenvalue weighted by Gasteiger charge is -2.15. The number of aryl methyl sites for hydroxylation is 1. The minimum absolute atomic E-state index is 0.258. The van der Waals surface area contributed by atoms with Gasteiger partial charge in [-0.05, 0) is 67.5 Å². The van der Waals surface area contributed by atoms with Gasteiger partial charge in [-0.3, -0.25) is 15.0 Å². The number of rotatable bonds is 8. The van der Waals surface area contributed by atoms with Crippen LogP contribution in [0.4, 0.5) is 0 Å². The molecule has 1 fully saturated rings. The average Bonchev–Trinajstić information content (AvgIpc) is 3.12. The summed E-state index contributed by atoms with van der Waals surface area (Å²) in [4.78, 5) is 25.8. The second-order valence-electron chi connectivity index (χ2n) is 7.74. The van der Waals surface area contributed by atoms with Crippen LogP contribution in [0.15, 0.2) is 77.7 Å². The van der Waals surface area contributed by atoms with E-state index in [1.165, 1.54) is 5.56 Å². The number of carbonyl (C=O) groups excluding carboxylic acids is 2. The molecule has 0 radical (unpaired) electrons. The molecule has 1 aliphatic rings. The number of carbonyl (C=O) groups is 2. The molecule has 0 bridgehead atoms. The lowest BCUT2D eigenvalue weighted by Crippen LogP contribution is -2.44. The number of nitrogens with zero attached hydrogens (tertiary/aromatic N) is 1. The molecule has 0 aliphatic carbocycles. The molecular formula is C27H24N2O4S2. The Labute approximate surface area is 213 Å². The number of benzene rings is 3. The molecule has 0 saturated carbocycles. The third-order valence-corrected chi connectivity index (χ3v) is 6.43. The molecule has 1 heterocycles. The van der Waals surface area contributed by atoms with Crippen LogP contribution in [0.25, 0.3) is 6.08 Å². The zero-order valence-electron chi connectivity index (χ0n) is 19.3. The number of thioether (sulfide) groups is 1. The first-order chi connectivity index (χ1) is 16.9. The fourth-order valence-corrected chi connectivity index (χ4v) is 4.50. The normalized spacial score (nSPS) is 14.3. The number of ether oxygens (including phenoxy) is 2. The van der Waals surface area contributed by atoms with Crippen LogP contribution in [0.3, 0.4) is 0 Å². The van der Waals surface area contributed by atoms with Crippen LogP contribution in [0, 0.1) is 6.92 Å². The van der Waals surface area contributed by atoms with Crippen LogP contribution in [0.5, 0.6) is 11.5 Å². The highest BCUT2D eigenvalue weighted by atomic mass is 32.2. The third-order valence-electron chi connectivity index (χ3n) is 5.12. The van der Waals surface area contributed by atoms with Crippen molar-refractivity contribution in [3.05, 3.63) is 100.0 Å². The first-order valence-corrected chi connectivity index (χ1v) is 12.3. The average molecular weight is 505 g/mol. The van der Waals surface area contributed by atoms with Gasteiger partial charge in [0.15, 0.2) is 15.8 Å². The summed E-state index contributed by atoms with van der Waals surface area (Å²) >= 11 is 6.45. The Kier molecular flexibility index (Phi) is 7.84. The molecule has 178 valence electrons. The van der Waals surface area contributed by atoms with Gasteiger partial charge in [0.25, 0.3) is 11.8 Å². The van der Waals surface area contributed by atoms with Gasteiger partial charge in [0.2, 0.25) is 0 Å². The summed E-state index contributed by atoms with van der Waals surface area (Å²) in [5.74, 6) is 0.410. The van der Waals surface area contributed by atoms with Gasteiger partial charge in [0.1, 0.15) is 6.61 Å². The van der Waals surface area contributed by atoms with E-state index >= 15 is 0 Å². The minimum atomic E-state index is -0.406. The zero-order valence-corrected chi connectivity index (χ0v) is 20.9. The van der Waals surface area contributed by atoms with Crippen molar-refractivity contribution in [3.63, 3.8) is 0 Å². The lowest BCUT2D eigenvalue weighted by molar-refractivity contribution is -0.123. The highest BCUT2D eigenvalue weighted by molar-refractivity contribution is 8.26. The molecule has 4 rings (SSSR count). The van der Waals surface area contributed by atoms with E-state index in [4.69, 9.17) is 21.7 Å². The third kappa shape index (κ3) is 6.09. The number of thiocarbonyl (C=S) groups is 1. The summed E-state index contributed by atoms with van der Waals surface area (Å²) in [5.41, 5.74) is 6.03. The summed E-state index contributed by atoms with van der Waals surface area (Å²) in [7, 11) is 0. The summed E-state index contributed by atoms with van der Waals surface area (Å²) in [6.45, 7) is 4.83. The predicted octanol–water partition coefficient (Wildman–Crippen LogP) is 5.52. The summed E-state index contributed by atoms with van der Waals surface area (Å²) in [5, 5.41) is 1.10. The second kappa shape index (κ2) is 11.2. The van der Waals surface area contributed by atoms with Crippen molar-refractivity contribution >= 4 is 46.2 Å². The first kappa shape index (κ1) is 24.5. The fourth-order valence-electron chi connectivity index (χ4n) is 3.32. The monoisotopic (exact) mass is 504 g/mol. The van der Waals surface area contributed by atoms with Crippen LogP contribution < -0.4 is 14.9 Å². The molecule has 3 aromatic rings. The molecule has 1 N–H and O–H groups in total. The SMILES string of the molecule is CCOc1cc(/C=C2\SC(=S)N(NC(=O)c3ccccc3)C2=O)ccc1OCc1ccc(C)cc1. The Morgan fingerprint density at radius 1 is 1.03 bits per heavy atom. The van der Waals surface area contributed by atoms with Crippen LogP contribution >= 0.6 is 24.0 Å². The maximum atomic E-state index is 12.9. The number of nitrogens with one attached hydrogen (secondary N) is 1. The van der Waals surface area contributed by atoms with Crippen molar-refractivity contribution in [3.8, 4) is 11.5 Å². The van der Waals surface area contributed by atoms with Crippen LogP contribution in [0.1, 0.15) is 34.0 Å². The summed E-state index contributed by atoms with van der Waals surface area (Å²) < 4.78 is 12.0. The highest BCUT2D eigenvalue weighted by Crippen LogP contribution is 2.34. The second-order valence-corrected chi connectivity index (χ2v) is 9.41. The Bertz CT molecular complexity index is 1270. The van der Waals surface area contributed by atoms with Gasteiger partial charge in [-0.25, -0.2) is 0 Å². The van der Waals surface area contributed by atoms with Crippen molar-refractivity contribution in [2.75, 3.05) is 6.61 Å². The summed E-state index contributed by atoms with van der Waals surface area (Å²) in [6, 6.07) is 22.3. The van der Waals surface area contributed by atoms with Gasteiger partial charge in [-0.15, -0.1) is 0 Å².